The zero-order valence-electron chi connectivity index (χ0n) is 10.9. The molecule has 0 aliphatic carbocycles. The maximum absolute atomic E-state index is 13.5. The van der Waals surface area contributed by atoms with Gasteiger partial charge >= 0.3 is 0 Å². The molecular formula is C16H13FN2O. The Hall–Kier alpha value is -2.62. The first kappa shape index (κ1) is 12.4. The number of anilines is 2. The van der Waals surface area contributed by atoms with Gasteiger partial charge in [0.1, 0.15) is 5.82 Å². The summed E-state index contributed by atoms with van der Waals surface area (Å²) in [5, 5.41) is 2.82. The summed E-state index contributed by atoms with van der Waals surface area (Å²) in [7, 11) is 0. The van der Waals surface area contributed by atoms with Gasteiger partial charge in [-0.05, 0) is 25.1 Å². The van der Waals surface area contributed by atoms with Crippen molar-refractivity contribution >= 4 is 11.7 Å². The summed E-state index contributed by atoms with van der Waals surface area (Å²) in [5.41, 5.74) is 2.42. The number of rotatable bonds is 3. The van der Waals surface area contributed by atoms with Gasteiger partial charge in [0.15, 0.2) is 5.76 Å². The standard InChI is InChI=1S/C16H13FN2O/c1-11-5-4-6-12(9-11)15-10-18-16(20-15)19-14-8-3-2-7-13(14)17/h2-10H,1H3,(H,18,19). The van der Waals surface area contributed by atoms with Crippen LogP contribution in [0.25, 0.3) is 11.3 Å². The van der Waals surface area contributed by atoms with Gasteiger partial charge in [0, 0.05) is 5.56 Å². The number of aryl methyl sites for hydroxylation is 1. The average molecular weight is 268 g/mol. The Morgan fingerprint density at radius 1 is 1.10 bits per heavy atom. The average Bonchev–Trinajstić information content (AvgIpc) is 2.90. The van der Waals surface area contributed by atoms with Crippen molar-refractivity contribution in [3.8, 4) is 11.3 Å². The van der Waals surface area contributed by atoms with Crippen molar-refractivity contribution in [2.75, 3.05) is 5.32 Å². The second-order valence-electron chi connectivity index (χ2n) is 4.50. The van der Waals surface area contributed by atoms with Crippen LogP contribution in [0, 0.1) is 12.7 Å². The van der Waals surface area contributed by atoms with Crippen molar-refractivity contribution in [1.29, 1.82) is 0 Å². The molecule has 100 valence electrons. The molecule has 0 radical (unpaired) electrons. The lowest BCUT2D eigenvalue weighted by Gasteiger charge is -2.02. The molecule has 0 saturated heterocycles. The highest BCUT2D eigenvalue weighted by molar-refractivity contribution is 5.60. The minimum atomic E-state index is -0.345. The van der Waals surface area contributed by atoms with Crippen LogP contribution in [0.3, 0.4) is 0 Å². The lowest BCUT2D eigenvalue weighted by molar-refractivity contribution is 0.587. The van der Waals surface area contributed by atoms with Crippen LogP contribution in [0.15, 0.2) is 59.1 Å². The molecule has 3 rings (SSSR count). The van der Waals surface area contributed by atoms with Crippen molar-refractivity contribution in [3.05, 3.63) is 66.1 Å². The highest BCUT2D eigenvalue weighted by Crippen LogP contribution is 2.25. The maximum Gasteiger partial charge on any atom is 0.299 e. The van der Waals surface area contributed by atoms with Crippen LogP contribution in [-0.2, 0) is 0 Å². The highest BCUT2D eigenvalue weighted by atomic mass is 19.1. The third-order valence-electron chi connectivity index (χ3n) is 2.92. The molecule has 0 aliphatic heterocycles. The number of halogens is 1. The molecule has 20 heavy (non-hydrogen) atoms. The highest BCUT2D eigenvalue weighted by Gasteiger charge is 2.08. The molecule has 4 heteroatoms. The van der Waals surface area contributed by atoms with E-state index >= 15 is 0 Å². The van der Waals surface area contributed by atoms with Crippen LogP contribution in [0.2, 0.25) is 0 Å². The fourth-order valence-electron chi connectivity index (χ4n) is 1.94. The van der Waals surface area contributed by atoms with E-state index in [4.69, 9.17) is 4.42 Å². The van der Waals surface area contributed by atoms with Gasteiger partial charge < -0.3 is 9.73 Å². The molecule has 3 nitrogen and oxygen atoms in total. The quantitative estimate of drug-likeness (QED) is 0.758. The lowest BCUT2D eigenvalue weighted by Crippen LogP contribution is -1.92. The monoisotopic (exact) mass is 268 g/mol. The predicted octanol–water partition coefficient (Wildman–Crippen LogP) is 4.53. The largest absolute Gasteiger partial charge is 0.423 e. The summed E-state index contributed by atoms with van der Waals surface area (Å²) in [6.45, 7) is 2.01. The van der Waals surface area contributed by atoms with Gasteiger partial charge in [0.25, 0.3) is 6.01 Å². The van der Waals surface area contributed by atoms with Crippen molar-refractivity contribution in [1.82, 2.24) is 4.98 Å². The van der Waals surface area contributed by atoms with Gasteiger partial charge in [-0.3, -0.25) is 0 Å². The van der Waals surface area contributed by atoms with Gasteiger partial charge in [-0.2, -0.15) is 0 Å². The van der Waals surface area contributed by atoms with E-state index in [1.54, 1.807) is 24.4 Å². The topological polar surface area (TPSA) is 38.1 Å². The number of aromatic nitrogens is 1. The van der Waals surface area contributed by atoms with Crippen LogP contribution in [0.1, 0.15) is 5.56 Å². The van der Waals surface area contributed by atoms with Crippen molar-refractivity contribution < 1.29 is 8.81 Å². The third kappa shape index (κ3) is 2.54. The van der Waals surface area contributed by atoms with Crippen LogP contribution in [-0.4, -0.2) is 4.98 Å². The number of nitrogens with zero attached hydrogens (tertiary/aromatic N) is 1. The first-order valence-electron chi connectivity index (χ1n) is 6.27. The van der Waals surface area contributed by atoms with Crippen molar-refractivity contribution in [2.24, 2.45) is 0 Å². The Labute approximate surface area is 116 Å². The van der Waals surface area contributed by atoms with Crippen LogP contribution in [0.4, 0.5) is 16.1 Å². The molecule has 1 N–H and O–H groups in total. The lowest BCUT2D eigenvalue weighted by atomic mass is 10.1. The fraction of sp³-hybridized carbons (Fsp3) is 0.0625. The first-order chi connectivity index (χ1) is 9.72. The van der Waals surface area contributed by atoms with E-state index in [-0.39, 0.29) is 11.8 Å². The summed E-state index contributed by atoms with van der Waals surface area (Å²) >= 11 is 0. The molecule has 0 amide bonds. The Bertz CT molecular complexity index is 737. The van der Waals surface area contributed by atoms with Crippen LogP contribution in [0.5, 0.6) is 0 Å². The smallest absolute Gasteiger partial charge is 0.299 e. The van der Waals surface area contributed by atoms with E-state index in [0.29, 0.717) is 11.4 Å². The molecule has 0 fully saturated rings. The molecular weight excluding hydrogens is 255 g/mol. The van der Waals surface area contributed by atoms with Crippen LogP contribution < -0.4 is 5.32 Å². The first-order valence-corrected chi connectivity index (χ1v) is 6.27. The Morgan fingerprint density at radius 2 is 1.95 bits per heavy atom. The summed E-state index contributed by atoms with van der Waals surface area (Å²) in [6.07, 6.45) is 1.62. The number of benzene rings is 2. The number of hydrogen-bond acceptors (Lipinski definition) is 3. The van der Waals surface area contributed by atoms with Gasteiger partial charge in [0.05, 0.1) is 11.9 Å². The Balaban J connectivity index is 1.86. The maximum atomic E-state index is 13.5. The molecule has 0 spiro atoms. The fourth-order valence-corrected chi connectivity index (χ4v) is 1.94. The van der Waals surface area contributed by atoms with E-state index in [1.165, 1.54) is 6.07 Å². The number of nitrogens with one attached hydrogen (secondary N) is 1. The number of oxazole rings is 1. The number of para-hydroxylation sites is 1. The summed E-state index contributed by atoms with van der Waals surface area (Å²) < 4.78 is 19.1. The summed E-state index contributed by atoms with van der Waals surface area (Å²) in [4.78, 5) is 4.11. The minimum absolute atomic E-state index is 0.270. The Morgan fingerprint density at radius 3 is 2.75 bits per heavy atom. The van der Waals surface area contributed by atoms with E-state index in [1.807, 2.05) is 31.2 Å². The van der Waals surface area contributed by atoms with Gasteiger partial charge in [0.2, 0.25) is 0 Å². The second-order valence-corrected chi connectivity index (χ2v) is 4.50. The zero-order valence-corrected chi connectivity index (χ0v) is 10.9. The van der Waals surface area contributed by atoms with Gasteiger partial charge in [-0.1, -0.05) is 35.9 Å². The third-order valence-corrected chi connectivity index (χ3v) is 2.92. The minimum Gasteiger partial charge on any atom is -0.423 e. The normalized spacial score (nSPS) is 10.5. The molecule has 0 saturated carbocycles. The Kier molecular flexibility index (Phi) is 3.21. The molecule has 0 aliphatic rings. The molecule has 0 bridgehead atoms. The molecule has 1 aromatic heterocycles. The van der Waals surface area contributed by atoms with Crippen LogP contribution >= 0.6 is 0 Å². The van der Waals surface area contributed by atoms with Gasteiger partial charge in [-0.15, -0.1) is 0 Å². The molecule has 0 unspecified atom stereocenters. The molecule has 0 atom stereocenters. The molecule has 1 heterocycles. The summed E-state index contributed by atoms with van der Waals surface area (Å²) in [6, 6.07) is 14.6. The summed E-state index contributed by atoms with van der Waals surface area (Å²) in [5.74, 6) is 0.301. The van der Waals surface area contributed by atoms with E-state index < -0.39 is 0 Å². The SMILES string of the molecule is Cc1cccc(-c2cnc(Nc3ccccc3F)o2)c1. The van der Waals surface area contributed by atoms with Crippen molar-refractivity contribution in [2.45, 2.75) is 6.92 Å². The molecule has 2 aromatic carbocycles. The predicted molar refractivity (Wildman–Crippen MR) is 76.4 cm³/mol. The van der Waals surface area contributed by atoms with E-state index in [2.05, 4.69) is 10.3 Å². The zero-order chi connectivity index (χ0) is 13.9. The van der Waals surface area contributed by atoms with Gasteiger partial charge in [-0.25, -0.2) is 9.37 Å². The van der Waals surface area contributed by atoms with E-state index in [0.717, 1.165) is 11.1 Å². The molecule has 3 aromatic rings. The second kappa shape index (κ2) is 5.17. The van der Waals surface area contributed by atoms with E-state index in [9.17, 15) is 4.39 Å². The number of hydrogen-bond donors (Lipinski definition) is 1. The van der Waals surface area contributed by atoms with Crippen molar-refractivity contribution in [3.63, 3.8) is 0 Å².